The lowest BCUT2D eigenvalue weighted by Crippen LogP contribution is -2.32. The van der Waals surface area contributed by atoms with Crippen LogP contribution in [0, 0.1) is 0 Å². The summed E-state index contributed by atoms with van der Waals surface area (Å²) < 4.78 is 10.8. The molecule has 2 aromatic carbocycles. The highest BCUT2D eigenvalue weighted by atomic mass is 16.5. The third kappa shape index (κ3) is 3.41. The number of nitrogens with zero attached hydrogens (tertiary/aromatic N) is 1. The van der Waals surface area contributed by atoms with E-state index in [0.717, 1.165) is 11.3 Å². The molecule has 0 spiro atoms. The van der Waals surface area contributed by atoms with Crippen LogP contribution in [-0.4, -0.2) is 53.2 Å². The number of carbonyl (C=O) groups excluding carboxylic acids is 2. The average Bonchev–Trinajstić information content (AvgIpc) is 3.22. The fourth-order valence-electron chi connectivity index (χ4n) is 4.07. The summed E-state index contributed by atoms with van der Waals surface area (Å²) in [5, 5.41) is 21.0. The predicted molar refractivity (Wildman–Crippen MR) is 109 cm³/mol. The van der Waals surface area contributed by atoms with Gasteiger partial charge in [0.2, 0.25) is 0 Å². The van der Waals surface area contributed by atoms with Gasteiger partial charge in [-0.25, -0.2) is 0 Å². The second-order valence-corrected chi connectivity index (χ2v) is 7.54. The molecule has 1 fully saturated rings. The summed E-state index contributed by atoms with van der Waals surface area (Å²) >= 11 is 0. The van der Waals surface area contributed by atoms with Crippen LogP contribution in [0.2, 0.25) is 0 Å². The van der Waals surface area contributed by atoms with E-state index in [1.54, 1.807) is 30.3 Å². The average molecular weight is 409 g/mol. The van der Waals surface area contributed by atoms with E-state index >= 15 is 0 Å². The molecule has 4 rings (SSSR count). The number of aliphatic hydroxyl groups excluding tert-OH is 1. The molecule has 2 aromatic rings. The summed E-state index contributed by atoms with van der Waals surface area (Å²) in [4.78, 5) is 27.0. The quantitative estimate of drug-likeness (QED) is 0.448. The molecule has 0 bridgehead atoms. The van der Waals surface area contributed by atoms with E-state index in [4.69, 9.17) is 9.47 Å². The van der Waals surface area contributed by atoms with Crippen molar-refractivity contribution in [1.29, 1.82) is 0 Å². The Kier molecular flexibility index (Phi) is 5.22. The first-order chi connectivity index (χ1) is 14.4. The monoisotopic (exact) mass is 409 g/mol. The summed E-state index contributed by atoms with van der Waals surface area (Å²) in [6, 6.07) is 10.7. The van der Waals surface area contributed by atoms with Gasteiger partial charge in [-0.2, -0.15) is 0 Å². The van der Waals surface area contributed by atoms with E-state index in [1.807, 2.05) is 6.92 Å². The third-order valence-corrected chi connectivity index (χ3v) is 5.43. The van der Waals surface area contributed by atoms with Crippen molar-refractivity contribution >= 4 is 17.4 Å². The first-order valence-electron chi connectivity index (χ1n) is 9.77. The van der Waals surface area contributed by atoms with E-state index in [-0.39, 0.29) is 36.3 Å². The van der Waals surface area contributed by atoms with Crippen LogP contribution in [0.5, 0.6) is 11.5 Å². The normalized spacial score (nSPS) is 22.3. The third-order valence-electron chi connectivity index (χ3n) is 5.43. The second-order valence-electron chi connectivity index (χ2n) is 7.54. The molecule has 0 unspecified atom stereocenters. The maximum absolute atomic E-state index is 12.9. The lowest BCUT2D eigenvalue weighted by atomic mass is 9.94. The molecule has 1 saturated heterocycles. The van der Waals surface area contributed by atoms with E-state index in [0.29, 0.717) is 17.5 Å². The van der Waals surface area contributed by atoms with Crippen LogP contribution in [0.25, 0.3) is 5.76 Å². The van der Waals surface area contributed by atoms with Crippen molar-refractivity contribution in [3.05, 3.63) is 64.7 Å². The number of hydrogen-bond acceptors (Lipinski definition) is 6. The molecule has 30 heavy (non-hydrogen) atoms. The van der Waals surface area contributed by atoms with Gasteiger partial charge in [0.25, 0.3) is 11.7 Å². The van der Waals surface area contributed by atoms with Crippen molar-refractivity contribution in [3.8, 4) is 11.5 Å². The van der Waals surface area contributed by atoms with E-state index in [2.05, 4.69) is 0 Å². The zero-order valence-electron chi connectivity index (χ0n) is 16.8. The number of benzene rings is 2. The number of aromatic hydroxyl groups is 1. The van der Waals surface area contributed by atoms with Crippen molar-refractivity contribution in [3.63, 3.8) is 0 Å². The van der Waals surface area contributed by atoms with Crippen LogP contribution < -0.4 is 4.74 Å². The molecule has 0 radical (unpaired) electrons. The molecule has 2 atom stereocenters. The molecular weight excluding hydrogens is 386 g/mol. The largest absolute Gasteiger partial charge is 0.508 e. The van der Waals surface area contributed by atoms with E-state index < -0.39 is 17.7 Å². The number of aliphatic hydroxyl groups is 1. The number of ketones is 1. The zero-order valence-corrected chi connectivity index (χ0v) is 16.8. The molecule has 1 amide bonds. The molecule has 156 valence electrons. The predicted octanol–water partition coefficient (Wildman–Crippen LogP) is 2.78. The minimum atomic E-state index is -0.823. The SMILES string of the molecule is COCCN1C(=O)C(=O)C(=C(O)c2ccc3c(c2)C[C@@H](C)O3)[C@H]1c1cccc(O)c1. The van der Waals surface area contributed by atoms with Crippen LogP contribution in [-0.2, 0) is 20.7 Å². The number of fused-ring (bicyclic) bond motifs is 1. The number of phenolic OH excluding ortho intramolecular Hbond substituents is 1. The topological polar surface area (TPSA) is 96.3 Å². The number of phenols is 1. The number of amides is 1. The first-order valence-corrected chi connectivity index (χ1v) is 9.77. The molecule has 7 heteroatoms. The minimum absolute atomic E-state index is 0.00591. The molecule has 2 N–H and O–H groups in total. The van der Waals surface area contributed by atoms with Crippen LogP contribution in [0.1, 0.15) is 29.7 Å². The Morgan fingerprint density at radius 1 is 1.23 bits per heavy atom. The number of methoxy groups -OCH3 is 1. The van der Waals surface area contributed by atoms with Crippen LogP contribution in [0.3, 0.4) is 0 Å². The summed E-state index contributed by atoms with van der Waals surface area (Å²) in [5.74, 6) is -0.955. The molecular formula is C23H23NO6. The van der Waals surface area contributed by atoms with Crippen molar-refractivity contribution in [1.82, 2.24) is 4.90 Å². The fraction of sp³-hybridized carbons (Fsp3) is 0.304. The number of carbonyl (C=O) groups is 2. The van der Waals surface area contributed by atoms with Gasteiger partial charge in [-0.3, -0.25) is 9.59 Å². The maximum Gasteiger partial charge on any atom is 0.295 e. The van der Waals surface area contributed by atoms with Gasteiger partial charge in [0.1, 0.15) is 23.4 Å². The fourth-order valence-corrected chi connectivity index (χ4v) is 4.07. The smallest absolute Gasteiger partial charge is 0.295 e. The Morgan fingerprint density at radius 2 is 2.03 bits per heavy atom. The van der Waals surface area contributed by atoms with Crippen LogP contribution in [0.15, 0.2) is 48.0 Å². The van der Waals surface area contributed by atoms with Gasteiger partial charge in [0.15, 0.2) is 0 Å². The Labute approximate surface area is 174 Å². The number of hydrogen-bond donors (Lipinski definition) is 2. The highest BCUT2D eigenvalue weighted by Gasteiger charge is 2.46. The second kappa shape index (κ2) is 7.84. The van der Waals surface area contributed by atoms with Gasteiger partial charge in [-0.05, 0) is 48.4 Å². The molecule has 7 nitrogen and oxygen atoms in total. The van der Waals surface area contributed by atoms with E-state index in [9.17, 15) is 19.8 Å². The highest BCUT2D eigenvalue weighted by Crippen LogP contribution is 2.41. The van der Waals surface area contributed by atoms with Crippen molar-refractivity contribution in [2.24, 2.45) is 0 Å². The Bertz CT molecular complexity index is 1040. The molecule has 2 aliphatic heterocycles. The summed E-state index contributed by atoms with van der Waals surface area (Å²) in [6.45, 7) is 2.37. The lowest BCUT2D eigenvalue weighted by molar-refractivity contribution is -0.140. The van der Waals surface area contributed by atoms with Crippen LogP contribution in [0.4, 0.5) is 0 Å². The lowest BCUT2D eigenvalue weighted by Gasteiger charge is -2.25. The standard InChI is InChI=1S/C23H23NO6/c1-13-10-16-11-15(6-7-18(16)30-13)21(26)19-20(14-4-3-5-17(25)12-14)24(8-9-29-2)23(28)22(19)27/h3-7,11-13,20,25-26H,8-10H2,1-2H3/t13-,20-/m1/s1. The van der Waals surface area contributed by atoms with Gasteiger partial charge in [-0.1, -0.05) is 12.1 Å². The highest BCUT2D eigenvalue weighted by molar-refractivity contribution is 6.46. The Hall–Kier alpha value is -3.32. The molecule has 0 aliphatic carbocycles. The minimum Gasteiger partial charge on any atom is -0.508 e. The molecule has 2 aliphatic rings. The van der Waals surface area contributed by atoms with Crippen molar-refractivity contribution in [2.45, 2.75) is 25.5 Å². The number of Topliss-reactive ketones (excluding diaryl/α,β-unsaturated/α-hetero) is 1. The Morgan fingerprint density at radius 3 is 2.77 bits per heavy atom. The van der Waals surface area contributed by atoms with Gasteiger partial charge >= 0.3 is 0 Å². The molecule has 2 heterocycles. The van der Waals surface area contributed by atoms with Gasteiger partial charge in [0.05, 0.1) is 18.2 Å². The molecule has 0 aromatic heterocycles. The summed E-state index contributed by atoms with van der Waals surface area (Å²) in [5.41, 5.74) is 1.91. The van der Waals surface area contributed by atoms with Crippen molar-refractivity contribution < 1.29 is 29.3 Å². The summed E-state index contributed by atoms with van der Waals surface area (Å²) in [6.07, 6.45) is 0.749. The molecule has 0 saturated carbocycles. The van der Waals surface area contributed by atoms with Gasteiger partial charge < -0.3 is 24.6 Å². The van der Waals surface area contributed by atoms with Gasteiger partial charge in [0, 0.05) is 25.6 Å². The Balaban J connectivity index is 1.83. The summed E-state index contributed by atoms with van der Waals surface area (Å²) in [7, 11) is 1.51. The van der Waals surface area contributed by atoms with Crippen LogP contribution >= 0.6 is 0 Å². The van der Waals surface area contributed by atoms with Crippen molar-refractivity contribution in [2.75, 3.05) is 20.3 Å². The zero-order chi connectivity index (χ0) is 21.4. The first kappa shape index (κ1) is 20.0. The maximum atomic E-state index is 12.9. The van der Waals surface area contributed by atoms with Gasteiger partial charge in [-0.15, -0.1) is 0 Å². The number of rotatable bonds is 5. The number of ether oxygens (including phenoxy) is 2. The van der Waals surface area contributed by atoms with E-state index in [1.165, 1.54) is 24.1 Å². The number of likely N-dealkylation sites (tertiary alicyclic amines) is 1.